The summed E-state index contributed by atoms with van der Waals surface area (Å²) in [6.45, 7) is 0. The van der Waals surface area contributed by atoms with Gasteiger partial charge in [0.15, 0.2) is 0 Å². The van der Waals surface area contributed by atoms with Crippen LogP contribution in [0.1, 0.15) is 11.1 Å². The van der Waals surface area contributed by atoms with Crippen molar-refractivity contribution in [2.75, 3.05) is 0 Å². The van der Waals surface area contributed by atoms with Crippen molar-refractivity contribution in [3.8, 4) is 11.1 Å². The highest BCUT2D eigenvalue weighted by atomic mass is 15.1. The minimum atomic E-state index is 0.881. The number of fused-ring (bicyclic) bond motifs is 7. The van der Waals surface area contributed by atoms with Crippen LogP contribution in [0.25, 0.3) is 32.7 Å². The first-order chi connectivity index (χ1) is 11.4. The summed E-state index contributed by atoms with van der Waals surface area (Å²) in [5, 5.41) is 9.08. The van der Waals surface area contributed by atoms with E-state index >= 15 is 0 Å². The van der Waals surface area contributed by atoms with Gasteiger partial charge in [0.05, 0.1) is 5.71 Å². The van der Waals surface area contributed by atoms with Gasteiger partial charge < -0.3 is 5.84 Å². The monoisotopic (exact) mass is 294 g/mol. The lowest BCUT2D eigenvalue weighted by Crippen LogP contribution is -2.01. The third-order valence-electron chi connectivity index (χ3n) is 4.75. The van der Waals surface area contributed by atoms with E-state index in [4.69, 9.17) is 5.84 Å². The molecule has 0 fully saturated rings. The van der Waals surface area contributed by atoms with Crippen LogP contribution in [-0.2, 0) is 0 Å². The van der Waals surface area contributed by atoms with Gasteiger partial charge in [0.25, 0.3) is 0 Å². The van der Waals surface area contributed by atoms with E-state index in [1.165, 1.54) is 32.7 Å². The minimum Gasteiger partial charge on any atom is -0.323 e. The molecule has 0 atom stereocenters. The minimum absolute atomic E-state index is 0.881. The van der Waals surface area contributed by atoms with E-state index in [9.17, 15) is 0 Å². The molecule has 2 nitrogen and oxygen atoms in total. The van der Waals surface area contributed by atoms with E-state index < -0.39 is 0 Å². The molecule has 0 spiro atoms. The van der Waals surface area contributed by atoms with E-state index in [-0.39, 0.29) is 0 Å². The molecule has 23 heavy (non-hydrogen) atoms. The average molecular weight is 294 g/mol. The maximum atomic E-state index is 5.74. The molecular weight excluding hydrogens is 280 g/mol. The summed E-state index contributed by atoms with van der Waals surface area (Å²) in [7, 11) is 0. The predicted octanol–water partition coefficient (Wildman–Crippen LogP) is 4.68. The van der Waals surface area contributed by atoms with E-state index in [2.05, 4.69) is 77.9 Å². The number of nitrogens with two attached hydrogens (primary N) is 1. The van der Waals surface area contributed by atoms with Crippen LogP contribution < -0.4 is 5.84 Å². The van der Waals surface area contributed by atoms with Crippen LogP contribution in [0.4, 0.5) is 0 Å². The molecule has 1 aliphatic rings. The summed E-state index contributed by atoms with van der Waals surface area (Å²) < 4.78 is 0. The molecule has 5 rings (SSSR count). The largest absolute Gasteiger partial charge is 0.323 e. The zero-order chi connectivity index (χ0) is 15.4. The highest BCUT2D eigenvalue weighted by Crippen LogP contribution is 2.45. The van der Waals surface area contributed by atoms with Crippen molar-refractivity contribution < 1.29 is 0 Å². The Hall–Kier alpha value is -3.13. The molecule has 0 bridgehead atoms. The third kappa shape index (κ3) is 1.55. The van der Waals surface area contributed by atoms with Gasteiger partial charge in [-0.15, -0.1) is 0 Å². The standard InChI is InChI=1S/C21H14N2/c22-23-21-17-11-9-13-5-1-3-7-15(13)19(17)20-16-8-4-2-6-14(16)10-12-18(20)21/h1-12H,22H2. The second-order valence-electron chi connectivity index (χ2n) is 5.90. The molecule has 0 unspecified atom stereocenters. The van der Waals surface area contributed by atoms with Gasteiger partial charge >= 0.3 is 0 Å². The summed E-state index contributed by atoms with van der Waals surface area (Å²) in [5.41, 5.74) is 5.62. The summed E-state index contributed by atoms with van der Waals surface area (Å²) in [4.78, 5) is 0. The molecule has 2 heteroatoms. The quantitative estimate of drug-likeness (QED) is 0.327. The molecular formula is C21H14N2. The SMILES string of the molecule is NN=C1c2ccc3ccccc3c2-c2c1ccc1ccccc21. The van der Waals surface area contributed by atoms with Gasteiger partial charge in [-0.05, 0) is 21.5 Å². The van der Waals surface area contributed by atoms with E-state index in [0.717, 1.165) is 16.8 Å². The first-order valence-electron chi connectivity index (χ1n) is 7.71. The van der Waals surface area contributed by atoms with E-state index in [0.29, 0.717) is 0 Å². The van der Waals surface area contributed by atoms with Crippen LogP contribution in [0.3, 0.4) is 0 Å². The molecule has 0 amide bonds. The maximum absolute atomic E-state index is 5.74. The van der Waals surface area contributed by atoms with Gasteiger partial charge in [-0.1, -0.05) is 72.8 Å². The normalized spacial score (nSPS) is 12.4. The first kappa shape index (κ1) is 12.4. The summed E-state index contributed by atoms with van der Waals surface area (Å²) in [5.74, 6) is 5.74. The van der Waals surface area contributed by atoms with Crippen molar-refractivity contribution in [2.24, 2.45) is 10.9 Å². The van der Waals surface area contributed by atoms with Crippen molar-refractivity contribution in [1.29, 1.82) is 0 Å². The molecule has 108 valence electrons. The first-order valence-corrected chi connectivity index (χ1v) is 7.71. The van der Waals surface area contributed by atoms with E-state index in [1.807, 2.05) is 0 Å². The second kappa shape index (κ2) is 4.43. The van der Waals surface area contributed by atoms with Gasteiger partial charge in [-0.2, -0.15) is 5.10 Å². The van der Waals surface area contributed by atoms with Crippen molar-refractivity contribution >= 4 is 27.3 Å². The molecule has 0 saturated heterocycles. The number of benzene rings is 4. The maximum Gasteiger partial charge on any atom is 0.0984 e. The summed E-state index contributed by atoms with van der Waals surface area (Å²) in [6, 6.07) is 25.6. The molecule has 4 aromatic rings. The van der Waals surface area contributed by atoms with Crippen molar-refractivity contribution in [2.45, 2.75) is 0 Å². The van der Waals surface area contributed by atoms with Crippen LogP contribution in [0.5, 0.6) is 0 Å². The van der Waals surface area contributed by atoms with Crippen molar-refractivity contribution in [1.82, 2.24) is 0 Å². The molecule has 0 saturated carbocycles. The van der Waals surface area contributed by atoms with Gasteiger partial charge in [-0.25, -0.2) is 0 Å². The van der Waals surface area contributed by atoms with Gasteiger partial charge in [-0.3, -0.25) is 0 Å². The van der Waals surface area contributed by atoms with Crippen LogP contribution in [0.2, 0.25) is 0 Å². The lowest BCUT2D eigenvalue weighted by Gasteiger charge is -2.09. The zero-order valence-electron chi connectivity index (χ0n) is 12.5. The number of rotatable bonds is 0. The van der Waals surface area contributed by atoms with Crippen LogP contribution in [0.15, 0.2) is 77.9 Å². The molecule has 0 aromatic heterocycles. The molecule has 1 aliphatic carbocycles. The fourth-order valence-corrected chi connectivity index (χ4v) is 3.76. The Morgan fingerprint density at radius 3 is 1.52 bits per heavy atom. The number of hydrazone groups is 1. The molecule has 0 radical (unpaired) electrons. The smallest absolute Gasteiger partial charge is 0.0984 e. The van der Waals surface area contributed by atoms with Gasteiger partial charge in [0.2, 0.25) is 0 Å². The Balaban J connectivity index is 2.06. The summed E-state index contributed by atoms with van der Waals surface area (Å²) in [6.07, 6.45) is 0. The van der Waals surface area contributed by atoms with Crippen LogP contribution in [0, 0.1) is 0 Å². The molecule has 4 aromatic carbocycles. The Morgan fingerprint density at radius 1 is 0.565 bits per heavy atom. The van der Waals surface area contributed by atoms with Crippen LogP contribution >= 0.6 is 0 Å². The van der Waals surface area contributed by atoms with Gasteiger partial charge in [0, 0.05) is 22.3 Å². The predicted molar refractivity (Wildman–Crippen MR) is 96.7 cm³/mol. The average Bonchev–Trinajstić information content (AvgIpc) is 2.96. The Labute approximate surface area is 133 Å². The third-order valence-corrected chi connectivity index (χ3v) is 4.75. The lowest BCUT2D eigenvalue weighted by atomic mass is 9.94. The fourth-order valence-electron chi connectivity index (χ4n) is 3.76. The molecule has 2 N–H and O–H groups in total. The van der Waals surface area contributed by atoms with Crippen molar-refractivity contribution in [3.63, 3.8) is 0 Å². The van der Waals surface area contributed by atoms with Crippen molar-refractivity contribution in [3.05, 3.63) is 83.9 Å². The number of hydrogen-bond acceptors (Lipinski definition) is 2. The summed E-state index contributed by atoms with van der Waals surface area (Å²) >= 11 is 0. The van der Waals surface area contributed by atoms with Gasteiger partial charge in [0.1, 0.15) is 0 Å². The lowest BCUT2D eigenvalue weighted by molar-refractivity contribution is 1.25. The molecule has 0 aliphatic heterocycles. The number of hydrogen-bond donors (Lipinski definition) is 1. The second-order valence-corrected chi connectivity index (χ2v) is 5.90. The van der Waals surface area contributed by atoms with Crippen LogP contribution in [-0.4, -0.2) is 5.71 Å². The highest BCUT2D eigenvalue weighted by Gasteiger charge is 2.28. The fraction of sp³-hybridized carbons (Fsp3) is 0. The van der Waals surface area contributed by atoms with E-state index in [1.54, 1.807) is 0 Å². The topological polar surface area (TPSA) is 38.4 Å². The number of nitrogens with zero attached hydrogens (tertiary/aromatic N) is 1. The Kier molecular flexibility index (Phi) is 2.39. The highest BCUT2D eigenvalue weighted by molar-refractivity contribution is 6.31. The Morgan fingerprint density at radius 2 is 1.04 bits per heavy atom. The molecule has 0 heterocycles. The zero-order valence-corrected chi connectivity index (χ0v) is 12.5. The Bertz CT molecular complexity index is 1040.